The lowest BCUT2D eigenvalue weighted by Gasteiger charge is -2.29. The van der Waals surface area contributed by atoms with Crippen LogP contribution in [0.3, 0.4) is 0 Å². The molecule has 0 spiro atoms. The van der Waals surface area contributed by atoms with Crippen LogP contribution in [-0.2, 0) is 0 Å². The van der Waals surface area contributed by atoms with E-state index in [0.717, 1.165) is 30.7 Å². The smallest absolute Gasteiger partial charge is 0.111 e. The summed E-state index contributed by atoms with van der Waals surface area (Å²) in [6.07, 6.45) is 6.99. The maximum Gasteiger partial charge on any atom is 0.111 e. The topological polar surface area (TPSA) is 30.7 Å². The highest BCUT2D eigenvalue weighted by molar-refractivity contribution is 9.09. The molecule has 0 saturated heterocycles. The van der Waals surface area contributed by atoms with Crippen LogP contribution >= 0.6 is 27.5 Å². The van der Waals surface area contributed by atoms with E-state index in [0.29, 0.717) is 10.9 Å². The van der Waals surface area contributed by atoms with Gasteiger partial charge >= 0.3 is 0 Å². The lowest BCUT2D eigenvalue weighted by Crippen LogP contribution is -2.27. The van der Waals surface area contributed by atoms with Crippen molar-refractivity contribution < 1.29 is 0 Å². The molecule has 2 unspecified atom stereocenters. The van der Waals surface area contributed by atoms with Crippen LogP contribution in [0.4, 0.5) is 0 Å². The zero-order valence-corrected chi connectivity index (χ0v) is 12.8. The number of aromatic nitrogens is 3. The second-order valence-electron chi connectivity index (χ2n) is 4.89. The van der Waals surface area contributed by atoms with E-state index >= 15 is 0 Å². The number of nitrogens with zero attached hydrogens (tertiary/aromatic N) is 3. The molecule has 1 saturated carbocycles. The number of hydrogen-bond donors (Lipinski definition) is 0. The zero-order valence-electron chi connectivity index (χ0n) is 10.4. The first-order valence-electron chi connectivity index (χ1n) is 6.49. The number of halogens is 2. The Hall–Kier alpha value is -0.870. The Labute approximate surface area is 126 Å². The van der Waals surface area contributed by atoms with Crippen LogP contribution in [0.25, 0.3) is 11.4 Å². The highest BCUT2D eigenvalue weighted by Gasteiger charge is 2.28. The molecule has 0 radical (unpaired) electrons. The van der Waals surface area contributed by atoms with Crippen LogP contribution in [0.5, 0.6) is 0 Å². The minimum absolute atomic E-state index is 0.182. The van der Waals surface area contributed by atoms with Gasteiger partial charge in [0.2, 0.25) is 0 Å². The van der Waals surface area contributed by atoms with Gasteiger partial charge in [-0.3, -0.25) is 9.67 Å². The van der Waals surface area contributed by atoms with Crippen LogP contribution in [0.1, 0.15) is 25.3 Å². The number of alkyl halides is 2. The van der Waals surface area contributed by atoms with E-state index in [1.807, 2.05) is 35.1 Å². The van der Waals surface area contributed by atoms with Crippen LogP contribution < -0.4 is 0 Å². The van der Waals surface area contributed by atoms with E-state index in [9.17, 15) is 0 Å². The van der Waals surface area contributed by atoms with Crippen LogP contribution in [0.15, 0.2) is 36.7 Å². The van der Waals surface area contributed by atoms with Gasteiger partial charge in [0, 0.05) is 22.6 Å². The first-order valence-corrected chi connectivity index (χ1v) is 7.84. The zero-order chi connectivity index (χ0) is 13.2. The molecule has 0 aromatic carbocycles. The van der Waals surface area contributed by atoms with Crippen LogP contribution in [0.2, 0.25) is 0 Å². The molecule has 1 aliphatic carbocycles. The van der Waals surface area contributed by atoms with Crippen molar-refractivity contribution in [2.45, 2.75) is 35.5 Å². The molecule has 2 aromatic rings. The van der Waals surface area contributed by atoms with Crippen molar-refractivity contribution in [2.75, 3.05) is 0 Å². The quantitative estimate of drug-likeness (QED) is 0.772. The summed E-state index contributed by atoms with van der Waals surface area (Å²) in [6.45, 7) is 0. The molecule has 0 N–H and O–H groups in total. The second-order valence-corrected chi connectivity index (χ2v) is 6.63. The summed E-state index contributed by atoms with van der Waals surface area (Å²) in [5.74, 6) is 0. The largest absolute Gasteiger partial charge is 0.269 e. The van der Waals surface area contributed by atoms with Gasteiger partial charge in [0.25, 0.3) is 0 Å². The average molecular weight is 341 g/mol. The number of rotatable bonds is 2. The Kier molecular flexibility index (Phi) is 3.89. The fourth-order valence-corrected chi connectivity index (χ4v) is 3.30. The lowest BCUT2D eigenvalue weighted by molar-refractivity contribution is 0.341. The Balaban J connectivity index is 1.79. The predicted molar refractivity (Wildman–Crippen MR) is 80.7 cm³/mol. The van der Waals surface area contributed by atoms with Gasteiger partial charge in [0.05, 0.1) is 11.7 Å². The van der Waals surface area contributed by atoms with Crippen molar-refractivity contribution in [3.63, 3.8) is 0 Å². The molecule has 0 amide bonds. The van der Waals surface area contributed by atoms with Gasteiger partial charge < -0.3 is 0 Å². The first-order chi connectivity index (χ1) is 9.24. The molecular weight excluding hydrogens is 326 g/mol. The maximum absolute atomic E-state index is 6.34. The Bertz CT molecular complexity index is 543. The molecule has 2 aromatic heterocycles. The third-order valence-corrected chi connectivity index (χ3v) is 5.46. The molecule has 1 aliphatic rings. The van der Waals surface area contributed by atoms with Gasteiger partial charge in [0.1, 0.15) is 5.69 Å². The molecule has 2 heterocycles. The highest BCUT2D eigenvalue weighted by atomic mass is 79.9. The summed E-state index contributed by atoms with van der Waals surface area (Å²) in [6, 6.07) is 8.29. The molecule has 0 bridgehead atoms. The molecule has 3 nitrogen and oxygen atoms in total. The van der Waals surface area contributed by atoms with Gasteiger partial charge in [-0.25, -0.2) is 0 Å². The van der Waals surface area contributed by atoms with Gasteiger partial charge in [0.15, 0.2) is 0 Å². The summed E-state index contributed by atoms with van der Waals surface area (Å²) >= 11 is 9.96. The second kappa shape index (κ2) is 5.63. The Morgan fingerprint density at radius 3 is 2.84 bits per heavy atom. The summed E-state index contributed by atoms with van der Waals surface area (Å²) in [4.78, 5) is 4.75. The normalized spacial score (nSPS) is 27.4. The average Bonchev–Trinajstić information content (AvgIpc) is 2.93. The predicted octanol–water partition coefficient (Wildman–Crippen LogP) is 4.04. The van der Waals surface area contributed by atoms with Crippen LogP contribution in [0, 0.1) is 0 Å². The van der Waals surface area contributed by atoms with Gasteiger partial charge in [-0.2, -0.15) is 5.10 Å². The van der Waals surface area contributed by atoms with E-state index < -0.39 is 0 Å². The molecule has 0 aliphatic heterocycles. The minimum atomic E-state index is 0.182. The van der Waals surface area contributed by atoms with Crippen molar-refractivity contribution in [1.29, 1.82) is 0 Å². The third kappa shape index (κ3) is 2.84. The fraction of sp³-hybridized carbons (Fsp3) is 0.429. The molecular formula is C14H15BrClN3. The molecule has 3 rings (SSSR count). The Morgan fingerprint density at radius 1 is 1.21 bits per heavy atom. The van der Waals surface area contributed by atoms with Crippen molar-refractivity contribution in [3.8, 4) is 11.4 Å². The van der Waals surface area contributed by atoms with E-state index in [-0.39, 0.29) is 5.38 Å². The molecule has 5 heteroatoms. The van der Waals surface area contributed by atoms with E-state index in [1.54, 1.807) is 6.20 Å². The summed E-state index contributed by atoms with van der Waals surface area (Å²) < 4.78 is 2.04. The SMILES string of the molecule is Cl[C@H]1CC(n2ccc(-c3ccccn3)n2)CCC1Br. The van der Waals surface area contributed by atoms with Gasteiger partial charge in [-0.05, 0) is 37.5 Å². The standard InChI is InChI=1S/C14H15BrClN3/c15-11-5-4-10(9-12(11)16)19-8-6-14(18-19)13-3-1-2-7-17-13/h1-3,6-8,10-12H,4-5,9H2/t10?,11?,12-/m0/s1. The van der Waals surface area contributed by atoms with Crippen molar-refractivity contribution in [2.24, 2.45) is 0 Å². The first kappa shape index (κ1) is 13.1. The van der Waals surface area contributed by atoms with E-state index in [1.165, 1.54) is 0 Å². The summed E-state index contributed by atoms with van der Waals surface area (Å²) in [7, 11) is 0. The van der Waals surface area contributed by atoms with E-state index in [4.69, 9.17) is 11.6 Å². The van der Waals surface area contributed by atoms with Crippen molar-refractivity contribution >= 4 is 27.5 Å². The molecule has 3 atom stereocenters. The number of pyridine rings is 1. The minimum Gasteiger partial charge on any atom is -0.269 e. The Morgan fingerprint density at radius 2 is 2.11 bits per heavy atom. The molecule has 100 valence electrons. The summed E-state index contributed by atoms with van der Waals surface area (Å²) in [5.41, 5.74) is 1.84. The number of hydrogen-bond acceptors (Lipinski definition) is 2. The lowest BCUT2D eigenvalue weighted by atomic mass is 9.95. The van der Waals surface area contributed by atoms with Gasteiger partial charge in [-0.1, -0.05) is 22.0 Å². The van der Waals surface area contributed by atoms with Crippen LogP contribution in [-0.4, -0.2) is 25.0 Å². The highest BCUT2D eigenvalue weighted by Crippen LogP contribution is 2.35. The third-order valence-electron chi connectivity index (χ3n) is 3.58. The monoisotopic (exact) mass is 339 g/mol. The van der Waals surface area contributed by atoms with E-state index in [2.05, 4.69) is 26.0 Å². The van der Waals surface area contributed by atoms with Gasteiger partial charge in [-0.15, -0.1) is 11.6 Å². The van der Waals surface area contributed by atoms with Crippen molar-refractivity contribution in [1.82, 2.24) is 14.8 Å². The molecule has 1 fully saturated rings. The van der Waals surface area contributed by atoms with Crippen molar-refractivity contribution in [3.05, 3.63) is 36.7 Å². The molecule has 19 heavy (non-hydrogen) atoms. The fourth-order valence-electron chi connectivity index (χ4n) is 2.49. The maximum atomic E-state index is 6.34. The summed E-state index contributed by atoms with van der Waals surface area (Å²) in [5, 5.41) is 4.83.